The number of halogens is 1. The number of allylic oxidation sites excluding steroid dienone is 4. The van der Waals surface area contributed by atoms with Gasteiger partial charge in [0.15, 0.2) is 18.2 Å². The lowest BCUT2D eigenvalue weighted by Crippen LogP contribution is -2.43. The van der Waals surface area contributed by atoms with Gasteiger partial charge in [-0.25, -0.2) is 0 Å². The number of methoxy groups -OCH3 is 1. The second kappa shape index (κ2) is 10.7. The van der Waals surface area contributed by atoms with E-state index in [0.29, 0.717) is 46.2 Å². The van der Waals surface area contributed by atoms with Crippen LogP contribution in [0.4, 0.5) is 5.69 Å². The minimum Gasteiger partial charge on any atom is -0.497 e. The molecule has 1 aliphatic heterocycles. The Morgan fingerprint density at radius 1 is 0.927 bits per heavy atom. The minimum absolute atomic E-state index is 0.0731. The third-order valence-corrected chi connectivity index (χ3v) is 8.50. The molecular formula is C33H37ClN2O5. The van der Waals surface area contributed by atoms with Crippen LogP contribution < -0.4 is 14.8 Å². The van der Waals surface area contributed by atoms with E-state index < -0.39 is 5.92 Å². The molecule has 0 saturated carbocycles. The summed E-state index contributed by atoms with van der Waals surface area (Å²) in [5.74, 6) is 0.380. The van der Waals surface area contributed by atoms with E-state index in [4.69, 9.17) is 21.1 Å². The number of hydrogen-bond donors (Lipinski definition) is 1. The highest BCUT2D eigenvalue weighted by molar-refractivity contribution is 6.32. The van der Waals surface area contributed by atoms with Gasteiger partial charge in [-0.15, -0.1) is 0 Å². The molecule has 7 nitrogen and oxygen atoms in total. The van der Waals surface area contributed by atoms with Gasteiger partial charge in [0.05, 0.1) is 12.1 Å². The number of anilines is 1. The summed E-state index contributed by atoms with van der Waals surface area (Å²) in [6.07, 6.45) is 2.36. The summed E-state index contributed by atoms with van der Waals surface area (Å²) in [5.41, 5.74) is 4.45. The van der Waals surface area contributed by atoms with Gasteiger partial charge in [0.25, 0.3) is 5.91 Å². The van der Waals surface area contributed by atoms with E-state index in [1.165, 1.54) is 0 Å². The lowest BCUT2D eigenvalue weighted by Gasteiger charge is -2.47. The maximum absolute atomic E-state index is 13.7. The van der Waals surface area contributed by atoms with E-state index in [1.54, 1.807) is 43.5 Å². The summed E-state index contributed by atoms with van der Waals surface area (Å²) >= 11 is 6.69. The van der Waals surface area contributed by atoms with Crippen molar-refractivity contribution < 1.29 is 23.9 Å². The highest BCUT2D eigenvalue weighted by Crippen LogP contribution is 2.54. The SMILES string of the molecule is COc1ccc(NC(=O)COc2ccc(C3C4=C(CC(C)(C)CC4=O)N(C)C4=C3C(=O)CC(C)(C)C4)cc2Cl)cc1. The topological polar surface area (TPSA) is 84.9 Å². The summed E-state index contributed by atoms with van der Waals surface area (Å²) in [4.78, 5) is 41.9. The van der Waals surface area contributed by atoms with Gasteiger partial charge in [-0.1, -0.05) is 45.4 Å². The van der Waals surface area contributed by atoms with Gasteiger partial charge in [0, 0.05) is 54.0 Å². The third-order valence-electron chi connectivity index (χ3n) is 8.20. The molecule has 2 aliphatic carbocycles. The van der Waals surface area contributed by atoms with Gasteiger partial charge < -0.3 is 19.7 Å². The molecule has 0 bridgehead atoms. The van der Waals surface area contributed by atoms with Crippen molar-refractivity contribution in [1.82, 2.24) is 4.90 Å². The number of ether oxygens (including phenoxy) is 2. The lowest BCUT2D eigenvalue weighted by molar-refractivity contribution is -0.120. The van der Waals surface area contributed by atoms with Crippen molar-refractivity contribution >= 4 is 34.8 Å². The zero-order valence-corrected chi connectivity index (χ0v) is 25.3. The van der Waals surface area contributed by atoms with E-state index in [0.717, 1.165) is 29.8 Å². The van der Waals surface area contributed by atoms with Crippen molar-refractivity contribution in [2.45, 2.75) is 59.3 Å². The monoisotopic (exact) mass is 576 g/mol. The number of carbonyl (C=O) groups excluding carboxylic acids is 3. The predicted molar refractivity (Wildman–Crippen MR) is 159 cm³/mol. The molecule has 8 heteroatoms. The van der Waals surface area contributed by atoms with Crippen LogP contribution in [0.15, 0.2) is 65.0 Å². The molecule has 0 saturated heterocycles. The Bertz CT molecular complexity index is 1430. The van der Waals surface area contributed by atoms with Crippen molar-refractivity contribution in [1.29, 1.82) is 0 Å². The molecule has 2 aromatic carbocycles. The quantitative estimate of drug-likeness (QED) is 0.413. The molecule has 1 N–H and O–H groups in total. The molecule has 0 radical (unpaired) electrons. The van der Waals surface area contributed by atoms with Crippen LogP contribution >= 0.6 is 11.6 Å². The van der Waals surface area contributed by atoms with Gasteiger partial charge in [-0.3, -0.25) is 14.4 Å². The van der Waals surface area contributed by atoms with E-state index in [1.807, 2.05) is 13.1 Å². The first kappa shape index (κ1) is 28.9. The number of rotatable bonds is 6. The molecule has 5 rings (SSSR count). The number of nitrogens with zero attached hydrogens (tertiary/aromatic N) is 1. The molecule has 0 fully saturated rings. The first-order valence-electron chi connectivity index (χ1n) is 13.9. The van der Waals surface area contributed by atoms with E-state index in [9.17, 15) is 14.4 Å². The standard InChI is InChI=1S/C33H37ClN2O5/c1-32(2)14-23-30(25(37)16-32)29(31-24(36(23)5)15-33(3,4)17-26(31)38)19-7-12-27(22(34)13-19)41-18-28(39)35-20-8-10-21(40-6)11-9-20/h7-13,29H,14-18H2,1-6H3,(H,35,39). The molecule has 2 aromatic rings. The van der Waals surface area contributed by atoms with Crippen molar-refractivity contribution in [3.63, 3.8) is 0 Å². The summed E-state index contributed by atoms with van der Waals surface area (Å²) in [7, 11) is 3.57. The Morgan fingerprint density at radius 3 is 2.00 bits per heavy atom. The number of Topliss-reactive ketones (excluding diaryl/α,β-unsaturated/α-hetero) is 2. The third kappa shape index (κ3) is 5.78. The Labute approximate surface area is 246 Å². The van der Waals surface area contributed by atoms with Gasteiger partial charge in [0.1, 0.15) is 11.5 Å². The Morgan fingerprint density at radius 2 is 1.49 bits per heavy atom. The summed E-state index contributed by atoms with van der Waals surface area (Å²) in [6.45, 7) is 8.23. The second-order valence-electron chi connectivity index (χ2n) is 12.8. The van der Waals surface area contributed by atoms with Gasteiger partial charge in [-0.2, -0.15) is 0 Å². The van der Waals surface area contributed by atoms with Crippen molar-refractivity contribution in [3.05, 3.63) is 75.6 Å². The van der Waals surface area contributed by atoms with Crippen molar-refractivity contribution in [3.8, 4) is 11.5 Å². The lowest BCUT2D eigenvalue weighted by atomic mass is 9.64. The Balaban J connectivity index is 1.43. The molecular weight excluding hydrogens is 540 g/mol. The van der Waals surface area contributed by atoms with Gasteiger partial charge in [-0.05, 0) is 65.6 Å². The van der Waals surface area contributed by atoms with Gasteiger partial charge in [0.2, 0.25) is 0 Å². The fraction of sp³-hybridized carbons (Fsp3) is 0.424. The zero-order valence-electron chi connectivity index (χ0n) is 24.5. The highest BCUT2D eigenvalue weighted by Gasteiger charge is 2.48. The predicted octanol–water partition coefficient (Wildman–Crippen LogP) is 6.68. The van der Waals surface area contributed by atoms with Crippen molar-refractivity contribution in [2.75, 3.05) is 26.1 Å². The van der Waals surface area contributed by atoms with E-state index >= 15 is 0 Å². The zero-order chi connectivity index (χ0) is 29.7. The normalized spacial score (nSPS) is 20.0. The highest BCUT2D eigenvalue weighted by atomic mass is 35.5. The average Bonchev–Trinajstić information content (AvgIpc) is 2.88. The summed E-state index contributed by atoms with van der Waals surface area (Å²) in [6, 6.07) is 12.3. The molecule has 3 aliphatic rings. The molecule has 0 atom stereocenters. The molecule has 216 valence electrons. The first-order chi connectivity index (χ1) is 19.3. The van der Waals surface area contributed by atoms with Crippen LogP contribution in [0, 0.1) is 10.8 Å². The van der Waals surface area contributed by atoms with Crippen LogP contribution in [0.1, 0.15) is 64.9 Å². The molecule has 41 heavy (non-hydrogen) atoms. The number of amides is 1. The van der Waals surface area contributed by atoms with Gasteiger partial charge >= 0.3 is 0 Å². The summed E-state index contributed by atoms with van der Waals surface area (Å²) in [5, 5.41) is 3.10. The molecule has 0 aromatic heterocycles. The number of hydrogen-bond acceptors (Lipinski definition) is 6. The first-order valence-corrected chi connectivity index (χ1v) is 14.3. The average molecular weight is 577 g/mol. The number of benzene rings is 2. The number of nitrogens with one attached hydrogen (secondary N) is 1. The fourth-order valence-electron chi connectivity index (χ4n) is 6.33. The van der Waals surface area contributed by atoms with Crippen LogP contribution in [-0.2, 0) is 14.4 Å². The van der Waals surface area contributed by atoms with Crippen LogP contribution in [0.5, 0.6) is 11.5 Å². The van der Waals surface area contributed by atoms with Crippen LogP contribution in [0.25, 0.3) is 0 Å². The Kier molecular flexibility index (Phi) is 7.53. The number of ketones is 2. The second-order valence-corrected chi connectivity index (χ2v) is 13.3. The Hall–Kier alpha value is -3.58. The van der Waals surface area contributed by atoms with Crippen LogP contribution in [0.3, 0.4) is 0 Å². The van der Waals surface area contributed by atoms with Crippen LogP contribution in [0.2, 0.25) is 5.02 Å². The minimum atomic E-state index is -0.478. The maximum Gasteiger partial charge on any atom is 0.262 e. The molecule has 1 heterocycles. The van der Waals surface area contributed by atoms with E-state index in [-0.39, 0.29) is 34.9 Å². The largest absolute Gasteiger partial charge is 0.497 e. The summed E-state index contributed by atoms with van der Waals surface area (Å²) < 4.78 is 10.9. The maximum atomic E-state index is 13.7. The van der Waals surface area contributed by atoms with Crippen molar-refractivity contribution in [2.24, 2.45) is 10.8 Å². The number of carbonyl (C=O) groups is 3. The molecule has 1 amide bonds. The molecule has 0 unspecified atom stereocenters. The van der Waals surface area contributed by atoms with Crippen LogP contribution in [-0.4, -0.2) is 43.1 Å². The van der Waals surface area contributed by atoms with E-state index in [2.05, 4.69) is 37.9 Å². The molecule has 0 spiro atoms. The fourth-order valence-corrected chi connectivity index (χ4v) is 6.57. The smallest absolute Gasteiger partial charge is 0.262 e.